The zero-order chi connectivity index (χ0) is 11.4. The van der Waals surface area contributed by atoms with Crippen molar-refractivity contribution in [2.24, 2.45) is 11.7 Å². The Balaban J connectivity index is 1.86. The molecule has 5 heteroatoms. The first-order valence-corrected chi connectivity index (χ1v) is 5.90. The van der Waals surface area contributed by atoms with E-state index in [1.54, 1.807) is 0 Å². The lowest BCUT2D eigenvalue weighted by Gasteiger charge is -2.04. The van der Waals surface area contributed by atoms with Crippen molar-refractivity contribution in [3.63, 3.8) is 0 Å². The SMILES string of the molecule is CC(CN)CCc1nc(C2CCOC2)no1. The van der Waals surface area contributed by atoms with Gasteiger partial charge in [-0.25, -0.2) is 0 Å². The molecule has 1 aliphatic rings. The van der Waals surface area contributed by atoms with E-state index in [2.05, 4.69) is 17.1 Å². The van der Waals surface area contributed by atoms with Crippen LogP contribution in [0.15, 0.2) is 4.52 Å². The number of nitrogens with zero attached hydrogens (tertiary/aromatic N) is 2. The van der Waals surface area contributed by atoms with E-state index in [9.17, 15) is 0 Å². The largest absolute Gasteiger partial charge is 0.381 e. The van der Waals surface area contributed by atoms with Gasteiger partial charge in [0.05, 0.1) is 6.61 Å². The summed E-state index contributed by atoms with van der Waals surface area (Å²) in [6, 6.07) is 0. The van der Waals surface area contributed by atoms with Crippen LogP contribution in [-0.4, -0.2) is 29.9 Å². The van der Waals surface area contributed by atoms with Crippen LogP contribution in [0.25, 0.3) is 0 Å². The molecule has 2 heterocycles. The minimum Gasteiger partial charge on any atom is -0.381 e. The molecule has 1 fully saturated rings. The first kappa shape index (κ1) is 11.5. The van der Waals surface area contributed by atoms with Crippen molar-refractivity contribution in [3.8, 4) is 0 Å². The van der Waals surface area contributed by atoms with Gasteiger partial charge in [-0.1, -0.05) is 12.1 Å². The molecule has 5 nitrogen and oxygen atoms in total. The zero-order valence-corrected chi connectivity index (χ0v) is 9.69. The number of ether oxygens (including phenoxy) is 1. The molecule has 2 N–H and O–H groups in total. The molecule has 0 amide bonds. The Hall–Kier alpha value is -0.940. The van der Waals surface area contributed by atoms with Gasteiger partial charge in [0.2, 0.25) is 5.89 Å². The Bertz CT molecular complexity index is 321. The third-order valence-corrected chi connectivity index (χ3v) is 3.03. The third kappa shape index (κ3) is 2.80. The topological polar surface area (TPSA) is 74.2 Å². The summed E-state index contributed by atoms with van der Waals surface area (Å²) in [6.45, 7) is 4.36. The van der Waals surface area contributed by atoms with E-state index >= 15 is 0 Å². The van der Waals surface area contributed by atoms with Gasteiger partial charge in [-0.3, -0.25) is 0 Å². The van der Waals surface area contributed by atoms with Gasteiger partial charge in [0, 0.05) is 18.9 Å². The van der Waals surface area contributed by atoms with E-state index in [1.165, 1.54) is 0 Å². The number of nitrogens with two attached hydrogens (primary N) is 1. The average Bonchev–Trinajstić information content (AvgIpc) is 2.95. The van der Waals surface area contributed by atoms with Crippen molar-refractivity contribution in [2.75, 3.05) is 19.8 Å². The van der Waals surface area contributed by atoms with Crippen molar-refractivity contribution in [1.82, 2.24) is 10.1 Å². The van der Waals surface area contributed by atoms with Gasteiger partial charge in [0.1, 0.15) is 0 Å². The van der Waals surface area contributed by atoms with Gasteiger partial charge < -0.3 is 15.0 Å². The highest BCUT2D eigenvalue weighted by Crippen LogP contribution is 2.22. The predicted molar refractivity (Wildman–Crippen MR) is 59.0 cm³/mol. The van der Waals surface area contributed by atoms with Crippen molar-refractivity contribution in [2.45, 2.75) is 32.1 Å². The predicted octanol–water partition coefficient (Wildman–Crippen LogP) is 1.10. The molecule has 2 atom stereocenters. The van der Waals surface area contributed by atoms with Gasteiger partial charge in [0.15, 0.2) is 5.82 Å². The molecule has 0 spiro atoms. The van der Waals surface area contributed by atoms with Crippen LogP contribution in [0.3, 0.4) is 0 Å². The smallest absolute Gasteiger partial charge is 0.226 e. The highest BCUT2D eigenvalue weighted by atomic mass is 16.5. The van der Waals surface area contributed by atoms with Crippen LogP contribution in [0, 0.1) is 5.92 Å². The van der Waals surface area contributed by atoms with E-state index in [0.717, 1.165) is 44.2 Å². The van der Waals surface area contributed by atoms with Crippen LogP contribution in [0.5, 0.6) is 0 Å². The Labute approximate surface area is 95.3 Å². The van der Waals surface area contributed by atoms with Crippen LogP contribution in [-0.2, 0) is 11.2 Å². The number of aryl methyl sites for hydroxylation is 1. The fourth-order valence-electron chi connectivity index (χ4n) is 1.76. The molecule has 1 saturated heterocycles. The van der Waals surface area contributed by atoms with E-state index in [-0.39, 0.29) is 0 Å². The van der Waals surface area contributed by atoms with Crippen LogP contribution >= 0.6 is 0 Å². The maximum absolute atomic E-state index is 5.56. The summed E-state index contributed by atoms with van der Waals surface area (Å²) < 4.78 is 10.5. The minimum absolute atomic E-state index is 0.324. The summed E-state index contributed by atoms with van der Waals surface area (Å²) in [6.07, 6.45) is 2.82. The van der Waals surface area contributed by atoms with E-state index in [4.69, 9.17) is 15.0 Å². The molecule has 0 aliphatic carbocycles. The van der Waals surface area contributed by atoms with E-state index < -0.39 is 0 Å². The first-order valence-electron chi connectivity index (χ1n) is 5.90. The summed E-state index contributed by atoms with van der Waals surface area (Å²) in [7, 11) is 0. The third-order valence-electron chi connectivity index (χ3n) is 3.03. The van der Waals surface area contributed by atoms with Crippen molar-refractivity contribution in [3.05, 3.63) is 11.7 Å². The molecule has 1 aromatic rings. The molecule has 16 heavy (non-hydrogen) atoms. The summed E-state index contributed by atoms with van der Waals surface area (Å²) in [5.41, 5.74) is 5.56. The highest BCUT2D eigenvalue weighted by molar-refractivity contribution is 4.97. The quantitative estimate of drug-likeness (QED) is 0.812. The fraction of sp³-hybridized carbons (Fsp3) is 0.818. The van der Waals surface area contributed by atoms with Crippen LogP contribution in [0.2, 0.25) is 0 Å². The van der Waals surface area contributed by atoms with Gasteiger partial charge in [-0.15, -0.1) is 0 Å². The first-order chi connectivity index (χ1) is 7.79. The number of hydrogen-bond acceptors (Lipinski definition) is 5. The molecular formula is C11H19N3O2. The molecule has 90 valence electrons. The summed E-state index contributed by atoms with van der Waals surface area (Å²) in [4.78, 5) is 4.40. The van der Waals surface area contributed by atoms with Crippen LogP contribution < -0.4 is 5.73 Å². The van der Waals surface area contributed by atoms with E-state index in [1.807, 2.05) is 0 Å². The molecule has 2 rings (SSSR count). The van der Waals surface area contributed by atoms with Crippen molar-refractivity contribution < 1.29 is 9.26 Å². The van der Waals surface area contributed by atoms with Gasteiger partial charge >= 0.3 is 0 Å². The van der Waals surface area contributed by atoms with Crippen molar-refractivity contribution >= 4 is 0 Å². The molecule has 0 aromatic carbocycles. The Morgan fingerprint density at radius 1 is 1.56 bits per heavy atom. The van der Waals surface area contributed by atoms with Gasteiger partial charge in [0.25, 0.3) is 0 Å². The second-order valence-electron chi connectivity index (χ2n) is 4.49. The zero-order valence-electron chi connectivity index (χ0n) is 9.69. The monoisotopic (exact) mass is 225 g/mol. The normalized spacial score (nSPS) is 22.5. The molecular weight excluding hydrogens is 206 g/mol. The molecule has 0 bridgehead atoms. The van der Waals surface area contributed by atoms with Crippen LogP contribution in [0.4, 0.5) is 0 Å². The number of rotatable bonds is 5. The minimum atomic E-state index is 0.324. The Morgan fingerprint density at radius 3 is 3.12 bits per heavy atom. The summed E-state index contributed by atoms with van der Waals surface area (Å²) in [5, 5.41) is 4.00. The fourth-order valence-corrected chi connectivity index (χ4v) is 1.76. The number of aromatic nitrogens is 2. The number of hydrogen-bond donors (Lipinski definition) is 1. The Kier molecular flexibility index (Phi) is 3.90. The molecule has 0 saturated carbocycles. The van der Waals surface area contributed by atoms with Gasteiger partial charge in [-0.2, -0.15) is 4.98 Å². The molecule has 1 aliphatic heterocycles. The standard InChI is InChI=1S/C11H19N3O2/c1-8(6-12)2-3-10-13-11(14-16-10)9-4-5-15-7-9/h8-9H,2-7,12H2,1H3. The highest BCUT2D eigenvalue weighted by Gasteiger charge is 2.22. The summed E-state index contributed by atoms with van der Waals surface area (Å²) >= 11 is 0. The average molecular weight is 225 g/mol. The lowest BCUT2D eigenvalue weighted by Crippen LogP contribution is -2.11. The lowest BCUT2D eigenvalue weighted by atomic mass is 10.1. The van der Waals surface area contributed by atoms with Crippen molar-refractivity contribution in [1.29, 1.82) is 0 Å². The maximum atomic E-state index is 5.56. The second-order valence-corrected chi connectivity index (χ2v) is 4.49. The second kappa shape index (κ2) is 5.41. The van der Waals surface area contributed by atoms with E-state index in [0.29, 0.717) is 18.4 Å². The summed E-state index contributed by atoms with van der Waals surface area (Å²) in [5.74, 6) is 2.35. The molecule has 0 radical (unpaired) electrons. The van der Waals surface area contributed by atoms with Gasteiger partial charge in [-0.05, 0) is 25.3 Å². The lowest BCUT2D eigenvalue weighted by molar-refractivity contribution is 0.192. The maximum Gasteiger partial charge on any atom is 0.226 e. The Morgan fingerprint density at radius 2 is 2.44 bits per heavy atom. The molecule has 2 unspecified atom stereocenters. The van der Waals surface area contributed by atoms with Crippen LogP contribution in [0.1, 0.15) is 37.4 Å². The molecule has 1 aromatic heterocycles.